The Morgan fingerprint density at radius 3 is 2.68 bits per heavy atom. The molecular weight excluding hydrogens is 358 g/mol. The molecule has 1 aromatic carbocycles. The molecule has 1 aliphatic heterocycles. The third-order valence-electron chi connectivity index (χ3n) is 5.24. The molecule has 4 rings (SSSR count). The first-order chi connectivity index (χ1) is 13.7. The minimum Gasteiger partial charge on any atom is -0.461 e. The largest absolute Gasteiger partial charge is 0.461 e. The van der Waals surface area contributed by atoms with Gasteiger partial charge in [-0.25, -0.2) is 0 Å². The number of aliphatic hydroxyl groups excluding tert-OH is 1. The van der Waals surface area contributed by atoms with Crippen LogP contribution in [0.4, 0.5) is 0 Å². The Morgan fingerprint density at radius 1 is 1.18 bits per heavy atom. The van der Waals surface area contributed by atoms with Gasteiger partial charge in [0, 0.05) is 25.9 Å². The van der Waals surface area contributed by atoms with Crippen molar-refractivity contribution < 1.29 is 18.8 Å². The summed E-state index contributed by atoms with van der Waals surface area (Å²) in [5.74, 6) is 1.61. The monoisotopic (exact) mass is 381 g/mol. The zero-order valence-corrected chi connectivity index (χ0v) is 15.5. The number of aryl methyl sites for hydroxylation is 1. The summed E-state index contributed by atoms with van der Waals surface area (Å²) in [6.45, 7) is 1.32. The molecule has 1 N–H and O–H groups in total. The smallest absolute Gasteiger partial charge is 0.238 e. The summed E-state index contributed by atoms with van der Waals surface area (Å²) in [5, 5.41) is 14.4. The highest BCUT2D eigenvalue weighted by Gasteiger charge is 2.28. The molecular formula is C21H23N3O4. The fourth-order valence-electron chi connectivity index (χ4n) is 3.62. The number of amides is 1. The highest BCUT2D eigenvalue weighted by Crippen LogP contribution is 2.30. The zero-order valence-electron chi connectivity index (χ0n) is 15.5. The van der Waals surface area contributed by atoms with Gasteiger partial charge in [0.15, 0.2) is 5.76 Å². The molecule has 7 nitrogen and oxygen atoms in total. The number of carbonyl (C=O) groups is 1. The fourth-order valence-corrected chi connectivity index (χ4v) is 3.62. The van der Waals surface area contributed by atoms with Crippen molar-refractivity contribution >= 4 is 5.91 Å². The van der Waals surface area contributed by atoms with Crippen molar-refractivity contribution in [1.82, 2.24) is 15.0 Å². The summed E-state index contributed by atoms with van der Waals surface area (Å²) < 4.78 is 10.4. The molecule has 146 valence electrons. The predicted octanol–water partition coefficient (Wildman–Crippen LogP) is 3.23. The first-order valence-corrected chi connectivity index (χ1v) is 9.58. The Hall–Kier alpha value is -2.93. The maximum Gasteiger partial charge on any atom is 0.238 e. The van der Waals surface area contributed by atoms with E-state index < -0.39 is 6.10 Å². The van der Waals surface area contributed by atoms with Crippen LogP contribution in [0, 0.1) is 5.92 Å². The lowest BCUT2D eigenvalue weighted by atomic mass is 9.87. The molecule has 0 aliphatic carbocycles. The minimum absolute atomic E-state index is 0.0744. The number of likely N-dealkylation sites (tertiary alicyclic amines) is 1. The fraction of sp³-hybridized carbons (Fsp3) is 0.381. The van der Waals surface area contributed by atoms with Gasteiger partial charge in [0.25, 0.3) is 0 Å². The van der Waals surface area contributed by atoms with E-state index in [9.17, 15) is 9.90 Å². The summed E-state index contributed by atoms with van der Waals surface area (Å²) in [6, 6.07) is 13.2. The van der Waals surface area contributed by atoms with E-state index in [2.05, 4.69) is 10.1 Å². The van der Waals surface area contributed by atoms with Gasteiger partial charge >= 0.3 is 0 Å². The highest BCUT2D eigenvalue weighted by atomic mass is 16.5. The second-order valence-corrected chi connectivity index (χ2v) is 7.06. The number of aliphatic hydroxyl groups is 1. The summed E-state index contributed by atoms with van der Waals surface area (Å²) in [7, 11) is 0. The summed E-state index contributed by atoms with van der Waals surface area (Å²) in [6.07, 6.45) is 3.39. The molecule has 3 aromatic rings. The molecule has 0 radical (unpaired) electrons. The lowest BCUT2D eigenvalue weighted by Gasteiger charge is -2.34. The van der Waals surface area contributed by atoms with Gasteiger partial charge in [0.05, 0.1) is 12.4 Å². The molecule has 1 amide bonds. The standard InChI is InChI=1S/C21H23N3O4/c25-19(9-8-18-22-21(23-28-18)17-7-4-14-27-17)24-12-10-16(11-13-24)20(26)15-5-2-1-3-6-15/h1-7,14,16,20,26H,8-13H2. The van der Waals surface area contributed by atoms with Gasteiger partial charge in [-0.1, -0.05) is 35.5 Å². The van der Waals surface area contributed by atoms with Crippen molar-refractivity contribution in [2.24, 2.45) is 5.92 Å². The molecule has 0 saturated carbocycles. The molecule has 0 bridgehead atoms. The highest BCUT2D eigenvalue weighted by molar-refractivity contribution is 5.76. The van der Waals surface area contributed by atoms with E-state index in [4.69, 9.17) is 8.94 Å². The van der Waals surface area contributed by atoms with Crippen LogP contribution < -0.4 is 0 Å². The molecule has 2 aromatic heterocycles. The van der Waals surface area contributed by atoms with Gasteiger partial charge in [-0.15, -0.1) is 0 Å². The van der Waals surface area contributed by atoms with E-state index in [0.717, 1.165) is 18.4 Å². The number of nitrogens with zero attached hydrogens (tertiary/aromatic N) is 3. The quantitative estimate of drug-likeness (QED) is 0.705. The van der Waals surface area contributed by atoms with E-state index in [1.165, 1.54) is 0 Å². The molecule has 28 heavy (non-hydrogen) atoms. The van der Waals surface area contributed by atoms with Crippen molar-refractivity contribution in [2.45, 2.75) is 31.8 Å². The Kier molecular flexibility index (Phi) is 5.53. The third-order valence-corrected chi connectivity index (χ3v) is 5.24. The molecule has 1 atom stereocenters. The number of carbonyl (C=O) groups excluding carboxylic acids is 1. The molecule has 0 spiro atoms. The van der Waals surface area contributed by atoms with Crippen molar-refractivity contribution in [3.8, 4) is 11.6 Å². The number of hydrogen-bond acceptors (Lipinski definition) is 6. The summed E-state index contributed by atoms with van der Waals surface area (Å²) in [5.41, 5.74) is 0.941. The van der Waals surface area contributed by atoms with Gasteiger partial charge in [-0.3, -0.25) is 4.79 Å². The van der Waals surface area contributed by atoms with Crippen LogP contribution in [0.1, 0.15) is 36.8 Å². The van der Waals surface area contributed by atoms with E-state index in [0.29, 0.717) is 43.4 Å². The SMILES string of the molecule is O=C(CCc1nc(-c2ccco2)no1)N1CCC(C(O)c2ccccc2)CC1. The van der Waals surface area contributed by atoms with Crippen LogP contribution in [0.25, 0.3) is 11.6 Å². The molecule has 1 saturated heterocycles. The topological polar surface area (TPSA) is 92.6 Å². The number of benzene rings is 1. The number of piperidine rings is 1. The van der Waals surface area contributed by atoms with Crippen LogP contribution in [0.3, 0.4) is 0 Å². The van der Waals surface area contributed by atoms with Crippen molar-refractivity contribution in [2.75, 3.05) is 13.1 Å². The molecule has 7 heteroatoms. The van der Waals surface area contributed by atoms with Crippen LogP contribution in [0.5, 0.6) is 0 Å². The maximum absolute atomic E-state index is 12.5. The number of rotatable bonds is 6. The van der Waals surface area contributed by atoms with E-state index in [1.54, 1.807) is 18.4 Å². The summed E-state index contributed by atoms with van der Waals surface area (Å²) in [4.78, 5) is 18.6. The van der Waals surface area contributed by atoms with Crippen LogP contribution >= 0.6 is 0 Å². The van der Waals surface area contributed by atoms with Crippen molar-refractivity contribution in [3.05, 3.63) is 60.2 Å². The first kappa shape index (κ1) is 18.4. The Bertz CT molecular complexity index is 884. The number of aromatic nitrogens is 2. The zero-order chi connectivity index (χ0) is 19.3. The molecule has 3 heterocycles. The first-order valence-electron chi connectivity index (χ1n) is 9.58. The van der Waals surface area contributed by atoms with E-state index in [1.807, 2.05) is 35.2 Å². The maximum atomic E-state index is 12.5. The molecule has 1 fully saturated rings. The Morgan fingerprint density at radius 2 is 1.96 bits per heavy atom. The van der Waals surface area contributed by atoms with Gasteiger partial charge < -0.3 is 18.9 Å². The minimum atomic E-state index is -0.475. The van der Waals surface area contributed by atoms with Crippen LogP contribution in [0.2, 0.25) is 0 Å². The lowest BCUT2D eigenvalue weighted by molar-refractivity contribution is -0.133. The Labute approximate surface area is 163 Å². The average Bonchev–Trinajstić information content (AvgIpc) is 3.44. The molecule has 1 unspecified atom stereocenters. The van der Waals surface area contributed by atoms with Gasteiger partial charge in [-0.2, -0.15) is 4.98 Å². The van der Waals surface area contributed by atoms with Crippen molar-refractivity contribution in [3.63, 3.8) is 0 Å². The number of hydrogen-bond donors (Lipinski definition) is 1. The second-order valence-electron chi connectivity index (χ2n) is 7.06. The lowest BCUT2D eigenvalue weighted by Crippen LogP contribution is -2.39. The normalized spacial score (nSPS) is 16.2. The van der Waals surface area contributed by atoms with Gasteiger partial charge in [-0.05, 0) is 36.5 Å². The van der Waals surface area contributed by atoms with Crippen LogP contribution in [-0.2, 0) is 11.2 Å². The third kappa shape index (κ3) is 4.14. The van der Waals surface area contributed by atoms with E-state index in [-0.39, 0.29) is 11.8 Å². The van der Waals surface area contributed by atoms with Crippen LogP contribution in [0.15, 0.2) is 57.7 Å². The van der Waals surface area contributed by atoms with Crippen molar-refractivity contribution in [1.29, 1.82) is 0 Å². The number of furan rings is 1. The second kappa shape index (κ2) is 8.39. The molecule has 1 aliphatic rings. The van der Waals surface area contributed by atoms with Gasteiger partial charge in [0.1, 0.15) is 0 Å². The summed E-state index contributed by atoms with van der Waals surface area (Å²) >= 11 is 0. The van der Waals surface area contributed by atoms with E-state index >= 15 is 0 Å². The predicted molar refractivity (Wildman–Crippen MR) is 101 cm³/mol. The van der Waals surface area contributed by atoms with Crippen LogP contribution in [-0.4, -0.2) is 39.1 Å². The van der Waals surface area contributed by atoms with Gasteiger partial charge in [0.2, 0.25) is 17.6 Å². The Balaban J connectivity index is 1.25. The average molecular weight is 381 g/mol.